The SMILES string of the molecule is CCc1ccc(N2C(=O)/C(=C\c3c(C)n(C)c4ccccc34)C(=O)NC2=S)cc1. The number of para-hydroxylation sites is 1. The zero-order valence-corrected chi connectivity index (χ0v) is 17.3. The number of thiocarbonyl (C=S) groups is 1. The van der Waals surface area contributed by atoms with Gasteiger partial charge in [0.15, 0.2) is 5.11 Å². The Bertz CT molecular complexity index is 1190. The van der Waals surface area contributed by atoms with Gasteiger partial charge in [-0.2, -0.15) is 0 Å². The predicted octanol–water partition coefficient (Wildman–Crippen LogP) is 3.88. The number of amides is 2. The van der Waals surface area contributed by atoms with Crippen molar-refractivity contribution in [2.24, 2.45) is 7.05 Å². The van der Waals surface area contributed by atoms with Crippen LogP contribution in [0.5, 0.6) is 0 Å². The first kappa shape index (κ1) is 19.1. The van der Waals surface area contributed by atoms with Gasteiger partial charge in [0.1, 0.15) is 5.57 Å². The van der Waals surface area contributed by atoms with E-state index in [2.05, 4.69) is 16.8 Å². The van der Waals surface area contributed by atoms with Crippen molar-refractivity contribution in [1.82, 2.24) is 9.88 Å². The number of carbonyl (C=O) groups excluding carboxylic acids is 2. The van der Waals surface area contributed by atoms with Crippen LogP contribution in [0.1, 0.15) is 23.7 Å². The van der Waals surface area contributed by atoms with Crippen molar-refractivity contribution in [2.45, 2.75) is 20.3 Å². The number of hydrogen-bond acceptors (Lipinski definition) is 3. The molecule has 0 spiro atoms. The largest absolute Gasteiger partial charge is 0.347 e. The Balaban J connectivity index is 1.81. The van der Waals surface area contributed by atoms with Crippen LogP contribution in [0.3, 0.4) is 0 Å². The number of rotatable bonds is 3. The minimum absolute atomic E-state index is 0.0672. The van der Waals surface area contributed by atoms with Crippen molar-refractivity contribution in [3.8, 4) is 0 Å². The number of nitrogens with one attached hydrogen (secondary N) is 1. The first-order valence-corrected chi connectivity index (χ1v) is 9.87. The van der Waals surface area contributed by atoms with Crippen molar-refractivity contribution >= 4 is 51.8 Å². The number of anilines is 1. The van der Waals surface area contributed by atoms with Crippen molar-refractivity contribution in [2.75, 3.05) is 4.90 Å². The van der Waals surface area contributed by atoms with Crippen LogP contribution in [-0.4, -0.2) is 21.5 Å². The van der Waals surface area contributed by atoms with Gasteiger partial charge in [0.05, 0.1) is 5.69 Å². The average molecular weight is 404 g/mol. The van der Waals surface area contributed by atoms with Gasteiger partial charge in [-0.15, -0.1) is 0 Å². The van der Waals surface area contributed by atoms with Gasteiger partial charge in [-0.05, 0) is 55.4 Å². The second-order valence-corrected chi connectivity index (χ2v) is 7.44. The summed E-state index contributed by atoms with van der Waals surface area (Å²) in [4.78, 5) is 27.3. The molecule has 1 N–H and O–H groups in total. The number of aryl methyl sites for hydroxylation is 2. The minimum Gasteiger partial charge on any atom is -0.347 e. The van der Waals surface area contributed by atoms with Crippen LogP contribution in [0.4, 0.5) is 5.69 Å². The van der Waals surface area contributed by atoms with Gasteiger partial charge in [-0.3, -0.25) is 19.8 Å². The maximum Gasteiger partial charge on any atom is 0.270 e. The van der Waals surface area contributed by atoms with E-state index in [1.54, 1.807) is 6.08 Å². The highest BCUT2D eigenvalue weighted by Gasteiger charge is 2.34. The molecule has 29 heavy (non-hydrogen) atoms. The summed E-state index contributed by atoms with van der Waals surface area (Å²) < 4.78 is 2.05. The van der Waals surface area contributed by atoms with E-state index in [1.165, 1.54) is 4.90 Å². The van der Waals surface area contributed by atoms with E-state index in [0.717, 1.165) is 34.1 Å². The third-order valence-corrected chi connectivity index (χ3v) is 5.73. The Hall–Kier alpha value is -3.25. The number of carbonyl (C=O) groups is 2. The van der Waals surface area contributed by atoms with Gasteiger partial charge < -0.3 is 4.57 Å². The Kier molecular flexibility index (Phi) is 4.80. The van der Waals surface area contributed by atoms with Crippen molar-refractivity contribution in [1.29, 1.82) is 0 Å². The monoisotopic (exact) mass is 403 g/mol. The lowest BCUT2D eigenvalue weighted by atomic mass is 10.0. The fourth-order valence-electron chi connectivity index (χ4n) is 3.65. The lowest BCUT2D eigenvalue weighted by Crippen LogP contribution is -2.54. The van der Waals surface area contributed by atoms with E-state index in [1.807, 2.05) is 62.5 Å². The summed E-state index contributed by atoms with van der Waals surface area (Å²) in [5, 5.41) is 3.74. The molecule has 0 radical (unpaired) electrons. The first-order chi connectivity index (χ1) is 13.9. The molecule has 0 unspecified atom stereocenters. The summed E-state index contributed by atoms with van der Waals surface area (Å²) in [5.74, 6) is -0.899. The average Bonchev–Trinajstić information content (AvgIpc) is 2.96. The normalized spacial score (nSPS) is 16.0. The van der Waals surface area contributed by atoms with Gasteiger partial charge in [0, 0.05) is 29.2 Å². The molecular formula is C23H21N3O2S. The number of benzene rings is 2. The van der Waals surface area contributed by atoms with Gasteiger partial charge in [0.2, 0.25) is 0 Å². The number of hydrogen-bond donors (Lipinski definition) is 1. The van der Waals surface area contributed by atoms with E-state index >= 15 is 0 Å². The second-order valence-electron chi connectivity index (χ2n) is 7.05. The van der Waals surface area contributed by atoms with E-state index in [0.29, 0.717) is 5.69 Å². The number of nitrogens with zero attached hydrogens (tertiary/aromatic N) is 2. The highest BCUT2D eigenvalue weighted by atomic mass is 32.1. The minimum atomic E-state index is -0.478. The molecule has 2 aromatic carbocycles. The molecule has 1 fully saturated rings. The molecule has 1 aromatic heterocycles. The quantitative estimate of drug-likeness (QED) is 0.410. The summed E-state index contributed by atoms with van der Waals surface area (Å²) in [5.41, 5.74) is 4.75. The Morgan fingerprint density at radius 1 is 1.07 bits per heavy atom. The zero-order valence-electron chi connectivity index (χ0n) is 16.5. The van der Waals surface area contributed by atoms with Crippen molar-refractivity contribution in [3.05, 3.63) is 70.9 Å². The molecule has 0 atom stereocenters. The fourth-order valence-corrected chi connectivity index (χ4v) is 3.93. The molecule has 0 bridgehead atoms. The Labute approximate surface area is 174 Å². The van der Waals surface area contributed by atoms with Gasteiger partial charge >= 0.3 is 0 Å². The Morgan fingerprint density at radius 3 is 2.45 bits per heavy atom. The molecule has 2 heterocycles. The fraction of sp³-hybridized carbons (Fsp3) is 0.174. The second kappa shape index (κ2) is 7.29. The van der Waals surface area contributed by atoms with E-state index < -0.39 is 11.8 Å². The predicted molar refractivity (Wildman–Crippen MR) is 120 cm³/mol. The molecular weight excluding hydrogens is 382 g/mol. The molecule has 2 amide bonds. The third kappa shape index (κ3) is 3.15. The molecule has 1 saturated heterocycles. The van der Waals surface area contributed by atoms with Crippen molar-refractivity contribution < 1.29 is 9.59 Å². The summed E-state index contributed by atoms with van der Waals surface area (Å²) in [6.45, 7) is 4.04. The molecule has 146 valence electrons. The lowest BCUT2D eigenvalue weighted by molar-refractivity contribution is -0.122. The highest BCUT2D eigenvalue weighted by Crippen LogP contribution is 2.29. The topological polar surface area (TPSA) is 54.3 Å². The molecule has 1 aliphatic heterocycles. The van der Waals surface area contributed by atoms with Gasteiger partial charge in [-0.25, -0.2) is 0 Å². The highest BCUT2D eigenvalue weighted by molar-refractivity contribution is 7.80. The first-order valence-electron chi connectivity index (χ1n) is 9.46. The van der Waals surface area contributed by atoms with Crippen LogP contribution in [0.15, 0.2) is 54.1 Å². The molecule has 1 aliphatic rings. The molecule has 0 aliphatic carbocycles. The van der Waals surface area contributed by atoms with Gasteiger partial charge in [-0.1, -0.05) is 37.3 Å². The summed E-state index contributed by atoms with van der Waals surface area (Å²) in [6.07, 6.45) is 2.57. The molecule has 4 rings (SSSR count). The molecule has 3 aromatic rings. The summed E-state index contributed by atoms with van der Waals surface area (Å²) >= 11 is 5.29. The van der Waals surface area contributed by atoms with Crippen LogP contribution in [0.2, 0.25) is 0 Å². The van der Waals surface area contributed by atoms with Crippen LogP contribution in [0.25, 0.3) is 17.0 Å². The standard InChI is InChI=1S/C23H21N3O2S/c1-4-15-9-11-16(12-10-15)26-22(28)19(21(27)24-23(26)29)13-18-14(2)25(3)20-8-6-5-7-17(18)20/h5-13H,4H2,1-3H3,(H,24,27,29)/b19-13-. The number of fused-ring (bicyclic) bond motifs is 1. The van der Waals surface area contributed by atoms with Gasteiger partial charge in [0.25, 0.3) is 11.8 Å². The van der Waals surface area contributed by atoms with E-state index in [9.17, 15) is 9.59 Å². The van der Waals surface area contributed by atoms with Crippen LogP contribution in [-0.2, 0) is 23.1 Å². The van der Waals surface area contributed by atoms with Crippen LogP contribution >= 0.6 is 12.2 Å². The summed E-state index contributed by atoms with van der Waals surface area (Å²) in [7, 11) is 1.97. The molecule has 6 heteroatoms. The molecule has 5 nitrogen and oxygen atoms in total. The molecule has 0 saturated carbocycles. The van der Waals surface area contributed by atoms with Crippen molar-refractivity contribution in [3.63, 3.8) is 0 Å². The maximum atomic E-state index is 13.3. The van der Waals surface area contributed by atoms with E-state index in [-0.39, 0.29) is 10.7 Å². The zero-order chi connectivity index (χ0) is 20.7. The van der Waals surface area contributed by atoms with Crippen LogP contribution in [0, 0.1) is 6.92 Å². The summed E-state index contributed by atoms with van der Waals surface area (Å²) in [6, 6.07) is 15.5. The number of aromatic nitrogens is 1. The smallest absolute Gasteiger partial charge is 0.270 e. The van der Waals surface area contributed by atoms with E-state index in [4.69, 9.17) is 12.2 Å². The lowest BCUT2D eigenvalue weighted by Gasteiger charge is -2.29. The van der Waals surface area contributed by atoms with Crippen LogP contribution < -0.4 is 10.2 Å². The Morgan fingerprint density at radius 2 is 1.76 bits per heavy atom. The third-order valence-electron chi connectivity index (χ3n) is 5.44. The maximum absolute atomic E-state index is 13.3.